The van der Waals surface area contributed by atoms with Gasteiger partial charge < -0.3 is 5.32 Å². The summed E-state index contributed by atoms with van der Waals surface area (Å²) >= 11 is 0. The number of rotatable bonds is 4. The Morgan fingerprint density at radius 2 is 1.78 bits per heavy atom. The number of hydrogen-bond donors (Lipinski definition) is 1. The van der Waals surface area contributed by atoms with Crippen molar-refractivity contribution < 1.29 is 8.42 Å². The first-order valence-electron chi connectivity index (χ1n) is 7.12. The lowest BCUT2D eigenvalue weighted by Crippen LogP contribution is -2.29. The van der Waals surface area contributed by atoms with Crippen molar-refractivity contribution in [2.45, 2.75) is 40.5 Å². The summed E-state index contributed by atoms with van der Waals surface area (Å²) in [6.45, 7) is 11.2. The van der Waals surface area contributed by atoms with Gasteiger partial charge in [0.1, 0.15) is 9.84 Å². The summed E-state index contributed by atoms with van der Waals surface area (Å²) in [5.41, 5.74) is 0.606. The van der Waals surface area contributed by atoms with Crippen LogP contribution in [0.5, 0.6) is 0 Å². The number of nitrogens with one attached hydrogen (secondary N) is 1. The zero-order chi connectivity index (χ0) is 13.6. The lowest BCUT2D eigenvalue weighted by molar-refractivity contribution is 0.341. The monoisotopic (exact) mass is 273 g/mol. The standard InChI is InChI=1S/C14H27NO2S/c1-11(2)9-15-10-12-13(3,4)14(12)5-7-18(16,17)8-6-14/h11-12,15H,5-10H2,1-4H3. The Labute approximate surface area is 112 Å². The normalized spacial score (nSPS) is 31.7. The fraction of sp³-hybridized carbons (Fsp3) is 1.00. The van der Waals surface area contributed by atoms with Crippen molar-refractivity contribution >= 4 is 9.84 Å². The highest BCUT2D eigenvalue weighted by Crippen LogP contribution is 2.73. The average Bonchev–Trinajstić information content (AvgIpc) is 2.69. The van der Waals surface area contributed by atoms with Crippen LogP contribution in [0.4, 0.5) is 0 Å². The Hall–Kier alpha value is -0.0900. The first kappa shape index (κ1) is 14.3. The van der Waals surface area contributed by atoms with Crippen molar-refractivity contribution in [1.82, 2.24) is 5.32 Å². The minimum Gasteiger partial charge on any atom is -0.316 e. The molecule has 0 aromatic rings. The second-order valence-electron chi connectivity index (χ2n) is 7.13. The highest BCUT2D eigenvalue weighted by molar-refractivity contribution is 7.91. The van der Waals surface area contributed by atoms with E-state index in [0.29, 0.717) is 34.2 Å². The van der Waals surface area contributed by atoms with Gasteiger partial charge in [-0.25, -0.2) is 8.42 Å². The van der Waals surface area contributed by atoms with Gasteiger partial charge in [-0.15, -0.1) is 0 Å². The van der Waals surface area contributed by atoms with Crippen molar-refractivity contribution in [3.05, 3.63) is 0 Å². The van der Waals surface area contributed by atoms with Gasteiger partial charge in [0.25, 0.3) is 0 Å². The molecule has 1 saturated heterocycles. The molecule has 4 heteroatoms. The Morgan fingerprint density at radius 3 is 2.28 bits per heavy atom. The molecule has 2 aliphatic rings. The van der Waals surface area contributed by atoms with E-state index < -0.39 is 9.84 Å². The molecule has 1 atom stereocenters. The maximum Gasteiger partial charge on any atom is 0.150 e. The molecule has 1 heterocycles. The summed E-state index contributed by atoms with van der Waals surface area (Å²) in [6.07, 6.45) is 1.74. The largest absolute Gasteiger partial charge is 0.316 e. The van der Waals surface area contributed by atoms with Crippen LogP contribution in [-0.2, 0) is 9.84 Å². The molecule has 2 fully saturated rings. The van der Waals surface area contributed by atoms with E-state index in [9.17, 15) is 8.42 Å². The molecule has 1 N–H and O–H groups in total. The predicted octanol–water partition coefficient (Wildman–Crippen LogP) is 2.08. The van der Waals surface area contributed by atoms with Gasteiger partial charge >= 0.3 is 0 Å². The van der Waals surface area contributed by atoms with E-state index in [0.717, 1.165) is 25.9 Å². The van der Waals surface area contributed by atoms with Crippen LogP contribution in [0.1, 0.15) is 40.5 Å². The molecule has 0 amide bonds. The van der Waals surface area contributed by atoms with Crippen LogP contribution in [0.3, 0.4) is 0 Å². The van der Waals surface area contributed by atoms with E-state index in [2.05, 4.69) is 33.0 Å². The maximum atomic E-state index is 11.6. The van der Waals surface area contributed by atoms with E-state index in [4.69, 9.17) is 0 Å². The predicted molar refractivity (Wildman–Crippen MR) is 75.3 cm³/mol. The molecule has 0 aromatic carbocycles. The summed E-state index contributed by atoms with van der Waals surface area (Å²) in [6, 6.07) is 0. The third-order valence-electron chi connectivity index (χ3n) is 5.36. The minimum atomic E-state index is -2.74. The molecule has 18 heavy (non-hydrogen) atoms. The van der Waals surface area contributed by atoms with Crippen molar-refractivity contribution in [3.8, 4) is 0 Å². The van der Waals surface area contributed by atoms with Crippen molar-refractivity contribution in [2.75, 3.05) is 24.6 Å². The quantitative estimate of drug-likeness (QED) is 0.853. The van der Waals surface area contributed by atoms with Crippen molar-refractivity contribution in [1.29, 1.82) is 0 Å². The first-order chi connectivity index (χ1) is 8.21. The van der Waals surface area contributed by atoms with Crippen LogP contribution in [0.25, 0.3) is 0 Å². The molecule has 106 valence electrons. The molecule has 1 spiro atoms. The Morgan fingerprint density at radius 1 is 1.22 bits per heavy atom. The zero-order valence-electron chi connectivity index (χ0n) is 12.1. The summed E-state index contributed by atoms with van der Waals surface area (Å²) in [4.78, 5) is 0. The fourth-order valence-electron chi connectivity index (χ4n) is 3.92. The van der Waals surface area contributed by atoms with Gasteiger partial charge in [-0.1, -0.05) is 27.7 Å². The smallest absolute Gasteiger partial charge is 0.150 e. The van der Waals surface area contributed by atoms with Gasteiger partial charge in [0, 0.05) is 0 Å². The van der Waals surface area contributed by atoms with Gasteiger partial charge in [0.2, 0.25) is 0 Å². The van der Waals surface area contributed by atoms with Gasteiger partial charge in [0.05, 0.1) is 11.5 Å². The molecule has 1 aliphatic heterocycles. The summed E-state index contributed by atoms with van der Waals surface area (Å²) in [7, 11) is -2.74. The second kappa shape index (κ2) is 4.48. The molecular formula is C14H27NO2S. The van der Waals surface area contributed by atoms with Crippen molar-refractivity contribution in [3.63, 3.8) is 0 Å². The van der Waals surface area contributed by atoms with Gasteiger partial charge in [-0.05, 0) is 48.6 Å². The minimum absolute atomic E-state index is 0.294. The highest BCUT2D eigenvalue weighted by atomic mass is 32.2. The van der Waals surface area contributed by atoms with Crippen LogP contribution in [0, 0.1) is 22.7 Å². The molecule has 2 rings (SSSR count). The third kappa shape index (κ3) is 2.34. The van der Waals surface area contributed by atoms with Crippen LogP contribution in [0.2, 0.25) is 0 Å². The Bertz CT molecular complexity index is 398. The maximum absolute atomic E-state index is 11.6. The lowest BCUT2D eigenvalue weighted by atomic mass is 9.90. The number of hydrogen-bond acceptors (Lipinski definition) is 3. The molecule has 3 nitrogen and oxygen atoms in total. The van der Waals surface area contributed by atoms with Crippen LogP contribution in [-0.4, -0.2) is 33.0 Å². The molecule has 1 saturated carbocycles. The highest BCUT2D eigenvalue weighted by Gasteiger charge is 2.70. The van der Waals surface area contributed by atoms with Crippen molar-refractivity contribution in [2.24, 2.45) is 22.7 Å². The SMILES string of the molecule is CC(C)CNCC1C(C)(C)C12CCS(=O)(=O)CC2. The summed E-state index contributed by atoms with van der Waals surface area (Å²) in [5, 5.41) is 3.55. The topological polar surface area (TPSA) is 46.2 Å². The first-order valence-corrected chi connectivity index (χ1v) is 8.94. The van der Waals surface area contributed by atoms with Gasteiger partial charge in [-0.3, -0.25) is 0 Å². The van der Waals surface area contributed by atoms with E-state index >= 15 is 0 Å². The Kier molecular flexibility index (Phi) is 3.56. The molecule has 1 aliphatic carbocycles. The van der Waals surface area contributed by atoms with E-state index in [1.165, 1.54) is 0 Å². The molecule has 0 bridgehead atoms. The lowest BCUT2D eigenvalue weighted by Gasteiger charge is -2.25. The van der Waals surface area contributed by atoms with Crippen LogP contribution >= 0.6 is 0 Å². The third-order valence-corrected chi connectivity index (χ3v) is 7.01. The van der Waals surface area contributed by atoms with Crippen LogP contribution in [0.15, 0.2) is 0 Å². The second-order valence-corrected chi connectivity index (χ2v) is 9.44. The zero-order valence-corrected chi connectivity index (χ0v) is 12.9. The molecule has 0 aromatic heterocycles. The molecule has 0 radical (unpaired) electrons. The molecule has 1 unspecified atom stereocenters. The number of sulfone groups is 1. The van der Waals surface area contributed by atoms with E-state index in [1.54, 1.807) is 0 Å². The van der Waals surface area contributed by atoms with Gasteiger partial charge in [-0.2, -0.15) is 0 Å². The van der Waals surface area contributed by atoms with Crippen LogP contribution < -0.4 is 5.32 Å². The molecular weight excluding hydrogens is 246 g/mol. The summed E-state index contributed by atoms with van der Waals surface area (Å²) in [5.74, 6) is 2.13. The van der Waals surface area contributed by atoms with E-state index in [1.807, 2.05) is 0 Å². The average molecular weight is 273 g/mol. The Balaban J connectivity index is 1.94. The fourth-order valence-corrected chi connectivity index (χ4v) is 5.48. The summed E-state index contributed by atoms with van der Waals surface area (Å²) < 4.78 is 23.1. The van der Waals surface area contributed by atoms with Gasteiger partial charge in [0.15, 0.2) is 0 Å². The van der Waals surface area contributed by atoms with E-state index in [-0.39, 0.29) is 0 Å².